The monoisotopic (exact) mass is 791 g/mol. The van der Waals surface area contributed by atoms with Crippen molar-refractivity contribution in [1.29, 1.82) is 0 Å². The first-order valence-corrected chi connectivity index (χ1v) is 23.3. The van der Waals surface area contributed by atoms with Gasteiger partial charge >= 0.3 is 12.0 Å². The number of carbonyl (C=O) groups is 2. The number of carbonyl (C=O) groups excluding carboxylic acids is 1. The van der Waals surface area contributed by atoms with Gasteiger partial charge in [0.2, 0.25) is 0 Å². The molecule has 0 bridgehead atoms. The number of carboxylic acids is 1. The molecule has 6 aliphatic rings. The average Bonchev–Trinajstić information content (AvgIpc) is 3.52. The second-order valence-electron chi connectivity index (χ2n) is 20.2. The molecule has 2 amide bonds. The summed E-state index contributed by atoms with van der Waals surface area (Å²) in [5, 5.41) is 13.3. The smallest absolute Gasteiger partial charge is 0.335 e. The van der Waals surface area contributed by atoms with Crippen molar-refractivity contribution in [2.24, 2.45) is 51.2 Å². The number of methoxy groups -OCH3 is 1. The van der Waals surface area contributed by atoms with Gasteiger partial charge < -0.3 is 20.1 Å². The van der Waals surface area contributed by atoms with Gasteiger partial charge in [-0.3, -0.25) is 4.90 Å². The largest absolute Gasteiger partial charge is 0.478 e. The van der Waals surface area contributed by atoms with Crippen molar-refractivity contribution in [3.8, 4) is 0 Å². The summed E-state index contributed by atoms with van der Waals surface area (Å²) in [5.74, 6) is 1.79. The molecule has 0 aromatic heterocycles. The summed E-state index contributed by atoms with van der Waals surface area (Å²) < 4.78 is 29.6. The summed E-state index contributed by atoms with van der Waals surface area (Å²) in [6.45, 7) is 22.7. The van der Waals surface area contributed by atoms with E-state index in [0.717, 1.165) is 37.7 Å². The maximum Gasteiger partial charge on any atom is 0.335 e. The predicted molar refractivity (Wildman–Crippen MR) is 223 cm³/mol. The van der Waals surface area contributed by atoms with E-state index in [0.29, 0.717) is 74.5 Å². The minimum atomic E-state index is -2.96. The average molecular weight is 792 g/mol. The summed E-state index contributed by atoms with van der Waals surface area (Å²) in [5.41, 5.74) is 4.21. The molecule has 56 heavy (non-hydrogen) atoms. The Bertz CT molecular complexity index is 1830. The summed E-state index contributed by atoms with van der Waals surface area (Å²) >= 11 is 0. The van der Waals surface area contributed by atoms with E-state index in [2.05, 4.69) is 64.4 Å². The van der Waals surface area contributed by atoms with E-state index >= 15 is 0 Å². The molecule has 9 unspecified atom stereocenters. The van der Waals surface area contributed by atoms with Crippen LogP contribution in [-0.4, -0.2) is 98.8 Å². The second-order valence-corrected chi connectivity index (χ2v) is 22.5. The molecular weight excluding hydrogens is 723 g/mol. The molecule has 5 aliphatic carbocycles. The summed E-state index contributed by atoms with van der Waals surface area (Å²) in [4.78, 5) is 30.2. The fourth-order valence-corrected chi connectivity index (χ4v) is 15.6. The van der Waals surface area contributed by atoms with Crippen molar-refractivity contribution in [2.45, 2.75) is 105 Å². The van der Waals surface area contributed by atoms with Crippen molar-refractivity contribution in [3.05, 3.63) is 53.6 Å². The molecule has 1 aliphatic heterocycles. The molecule has 5 fully saturated rings. The van der Waals surface area contributed by atoms with E-state index in [1.54, 1.807) is 19.2 Å². The van der Waals surface area contributed by atoms with Gasteiger partial charge in [0.1, 0.15) is 0 Å². The summed E-state index contributed by atoms with van der Waals surface area (Å²) in [6.07, 6.45) is 12.4. The molecule has 1 heterocycles. The van der Waals surface area contributed by atoms with Gasteiger partial charge in [0.25, 0.3) is 0 Å². The minimum absolute atomic E-state index is 0.0137. The number of aromatic carboxylic acids is 1. The Kier molecular flexibility index (Phi) is 11.0. The lowest BCUT2D eigenvalue weighted by molar-refractivity contribution is -0.218. The van der Waals surface area contributed by atoms with Gasteiger partial charge in [-0.15, -0.1) is 0 Å². The Morgan fingerprint density at radius 2 is 1.62 bits per heavy atom. The number of carboxylic acid groups (broad SMARTS) is 1. The van der Waals surface area contributed by atoms with Crippen LogP contribution in [0.4, 0.5) is 4.79 Å². The topological polar surface area (TPSA) is 116 Å². The maximum atomic E-state index is 14.5. The number of sulfone groups is 1. The Morgan fingerprint density at radius 3 is 2.27 bits per heavy atom. The molecule has 4 saturated carbocycles. The molecule has 0 radical (unpaired) electrons. The van der Waals surface area contributed by atoms with Crippen LogP contribution in [0.25, 0.3) is 5.57 Å². The van der Waals surface area contributed by atoms with Crippen molar-refractivity contribution in [1.82, 2.24) is 15.1 Å². The van der Waals surface area contributed by atoms with E-state index in [-0.39, 0.29) is 44.7 Å². The first-order valence-electron chi connectivity index (χ1n) is 21.5. The normalized spacial score (nSPS) is 38.6. The van der Waals surface area contributed by atoms with Crippen LogP contribution < -0.4 is 5.32 Å². The highest BCUT2D eigenvalue weighted by atomic mass is 32.2. The highest BCUT2D eigenvalue weighted by molar-refractivity contribution is 7.91. The molecule has 10 heteroatoms. The van der Waals surface area contributed by atoms with Gasteiger partial charge in [0.05, 0.1) is 23.7 Å². The Balaban J connectivity index is 1.14. The van der Waals surface area contributed by atoms with Crippen LogP contribution in [-0.2, 0) is 14.6 Å². The number of urea groups is 1. The van der Waals surface area contributed by atoms with Gasteiger partial charge in [-0.05, 0) is 139 Å². The van der Waals surface area contributed by atoms with Gasteiger partial charge in [-0.2, -0.15) is 0 Å². The SMILES string of the molecule is C=C(C)C1CCC2(NC(=O)N(CCOC)CCN3CCS(=O)(=O)CC3)CCC3(C)C(CCC4C5(C)CC=C(c6ccc(C(=O)O)cc6)C(C)(C)C5CCC43C)C12. The minimum Gasteiger partial charge on any atom is -0.478 e. The van der Waals surface area contributed by atoms with Crippen LogP contribution in [0.1, 0.15) is 115 Å². The van der Waals surface area contributed by atoms with Crippen LogP contribution in [0.15, 0.2) is 42.5 Å². The third-order valence-corrected chi connectivity index (χ3v) is 19.0. The van der Waals surface area contributed by atoms with Gasteiger partial charge in [-0.1, -0.05) is 65.0 Å². The molecule has 1 saturated heterocycles. The third kappa shape index (κ3) is 6.79. The zero-order valence-corrected chi connectivity index (χ0v) is 36.1. The number of hydrogen-bond donors (Lipinski definition) is 2. The first-order chi connectivity index (χ1) is 26.3. The Labute approximate surface area is 337 Å². The quantitative estimate of drug-likeness (QED) is 0.230. The number of amides is 2. The standard InChI is InChI=1S/C46H69N3O6S/c1-31(2)34-15-20-46(47-41(52)49(25-28-55-8)24-23-48-26-29-56(53,54)30-27-48)22-21-44(6)36(39(34)46)13-14-38-43(5)18-16-35(32-9-11-33(12-10-32)40(50)51)42(3,4)37(43)17-19-45(38,44)7/h9-12,16,34,36-39H,1,13-15,17-30H2,2-8H3,(H,47,52)(H,50,51). The number of rotatable bonds is 10. The number of fused-ring (bicyclic) bond motifs is 7. The lowest BCUT2D eigenvalue weighted by atomic mass is 9.33. The number of allylic oxidation sites excluding steroid dienone is 3. The highest BCUT2D eigenvalue weighted by Gasteiger charge is 2.70. The summed E-state index contributed by atoms with van der Waals surface area (Å²) in [6, 6.07) is 7.49. The molecule has 9 nitrogen and oxygen atoms in total. The fourth-order valence-electron chi connectivity index (χ4n) is 14.3. The number of benzene rings is 1. The van der Waals surface area contributed by atoms with Crippen molar-refractivity contribution in [3.63, 3.8) is 0 Å². The van der Waals surface area contributed by atoms with Crippen LogP contribution >= 0.6 is 0 Å². The zero-order valence-electron chi connectivity index (χ0n) is 35.3. The van der Waals surface area contributed by atoms with E-state index < -0.39 is 15.8 Å². The van der Waals surface area contributed by atoms with Crippen molar-refractivity contribution < 1.29 is 27.9 Å². The van der Waals surface area contributed by atoms with Crippen LogP contribution in [0.5, 0.6) is 0 Å². The van der Waals surface area contributed by atoms with Crippen LogP contribution in [0.3, 0.4) is 0 Å². The molecular formula is C46H69N3O6S. The molecule has 0 spiro atoms. The molecule has 2 N–H and O–H groups in total. The second kappa shape index (κ2) is 14.8. The predicted octanol–water partition coefficient (Wildman–Crippen LogP) is 8.18. The van der Waals surface area contributed by atoms with Gasteiger partial charge in [0.15, 0.2) is 9.84 Å². The van der Waals surface area contributed by atoms with E-state index in [9.17, 15) is 23.1 Å². The number of hydrogen-bond acceptors (Lipinski definition) is 6. The molecule has 1 aromatic carbocycles. The van der Waals surface area contributed by atoms with E-state index in [4.69, 9.17) is 4.74 Å². The number of nitrogens with zero attached hydrogens (tertiary/aromatic N) is 2. The maximum absolute atomic E-state index is 14.5. The molecule has 9 atom stereocenters. The molecule has 7 rings (SSSR count). The lowest BCUT2D eigenvalue weighted by Gasteiger charge is -2.72. The van der Waals surface area contributed by atoms with Crippen molar-refractivity contribution in [2.75, 3.05) is 57.9 Å². The zero-order chi connectivity index (χ0) is 40.5. The van der Waals surface area contributed by atoms with Gasteiger partial charge in [0, 0.05) is 45.4 Å². The first kappa shape index (κ1) is 41.5. The fraction of sp³-hybridized carbons (Fsp3) is 0.739. The van der Waals surface area contributed by atoms with Crippen LogP contribution in [0.2, 0.25) is 0 Å². The highest BCUT2D eigenvalue weighted by Crippen LogP contribution is 2.76. The van der Waals surface area contributed by atoms with Crippen molar-refractivity contribution >= 4 is 27.4 Å². The summed E-state index contributed by atoms with van der Waals surface area (Å²) in [7, 11) is -1.29. The lowest BCUT2D eigenvalue weighted by Crippen LogP contribution is -2.69. The van der Waals surface area contributed by atoms with E-state index in [1.165, 1.54) is 36.8 Å². The Morgan fingerprint density at radius 1 is 0.929 bits per heavy atom. The molecule has 310 valence electrons. The molecule has 1 aromatic rings. The number of nitrogens with one attached hydrogen (secondary N) is 1. The van der Waals surface area contributed by atoms with Crippen LogP contribution in [0, 0.1) is 51.2 Å². The van der Waals surface area contributed by atoms with Gasteiger partial charge in [-0.25, -0.2) is 18.0 Å². The Hall–Kier alpha value is -2.69. The number of ether oxygens (including phenoxy) is 1. The third-order valence-electron chi connectivity index (χ3n) is 17.4. The van der Waals surface area contributed by atoms with E-state index in [1.807, 2.05) is 17.0 Å².